The van der Waals surface area contributed by atoms with Crippen LogP contribution in [0.15, 0.2) is 61.2 Å². The van der Waals surface area contributed by atoms with Crippen molar-refractivity contribution < 1.29 is 36.5 Å². The van der Waals surface area contributed by atoms with Gasteiger partial charge in [-0.1, -0.05) is 25.1 Å². The largest absolute Gasteiger partial charge is 0.416 e. The normalized spacial score (nSPS) is 21.2. The highest BCUT2D eigenvalue weighted by molar-refractivity contribution is 8.00. The molecule has 2 atom stereocenters. The quantitative estimate of drug-likeness (QED) is 0.374. The number of hydrogen-bond acceptors (Lipinski definition) is 6. The molecule has 1 N–H and O–H groups in total. The number of ether oxygens (including phenoxy) is 2. The standard InChI is InChI=1S/C26H26F5N3O3S/c1-16(18-3-5-19(6-4-18)26(29,30)31)9-24-36-11-21(12-37-24)38-17(2)25(35,13-34-15-32-14-33-34)22-8-7-20(27)10-23(22)28/h3-10,14-15,17,21,24,35H,11-13H2,1-2H3/b16-9+/t17-,21-,24-,25-/m1/s1. The van der Waals surface area contributed by atoms with E-state index in [0.717, 1.165) is 24.3 Å². The van der Waals surface area contributed by atoms with E-state index in [1.807, 2.05) is 0 Å². The van der Waals surface area contributed by atoms with Crippen LogP contribution < -0.4 is 0 Å². The van der Waals surface area contributed by atoms with Gasteiger partial charge in [-0.3, -0.25) is 0 Å². The minimum atomic E-state index is -4.40. The highest BCUT2D eigenvalue weighted by Gasteiger charge is 2.41. The SMILES string of the molecule is C/C(=C\[C@H]1OC[C@H](S[C@H](C)[C@](O)(Cn2cncn2)c2ccc(F)cc2F)CO1)c1ccc(C(F)(F)F)cc1. The van der Waals surface area contributed by atoms with Crippen LogP contribution in [0.3, 0.4) is 0 Å². The molecule has 3 aromatic rings. The second-order valence-corrected chi connectivity index (χ2v) is 10.6. The van der Waals surface area contributed by atoms with Gasteiger partial charge >= 0.3 is 6.18 Å². The molecule has 1 aliphatic rings. The number of rotatable bonds is 8. The number of alkyl halides is 3. The minimum absolute atomic E-state index is 0.0694. The molecule has 4 rings (SSSR count). The van der Waals surface area contributed by atoms with E-state index < -0.39 is 40.5 Å². The molecule has 12 heteroatoms. The molecule has 2 heterocycles. The third-order valence-corrected chi connectivity index (χ3v) is 7.74. The van der Waals surface area contributed by atoms with Gasteiger partial charge in [0.15, 0.2) is 6.29 Å². The summed E-state index contributed by atoms with van der Waals surface area (Å²) in [6.45, 7) is 3.87. The van der Waals surface area contributed by atoms with Crippen molar-refractivity contribution >= 4 is 17.3 Å². The fourth-order valence-corrected chi connectivity index (χ4v) is 5.45. The third-order valence-electron chi connectivity index (χ3n) is 6.28. The van der Waals surface area contributed by atoms with Crippen LogP contribution in [0.2, 0.25) is 0 Å². The molecule has 6 nitrogen and oxygen atoms in total. The van der Waals surface area contributed by atoms with Crippen molar-refractivity contribution in [1.82, 2.24) is 14.8 Å². The van der Waals surface area contributed by atoms with Crippen LogP contribution in [-0.4, -0.2) is 49.9 Å². The number of nitrogens with zero attached hydrogens (tertiary/aromatic N) is 3. The summed E-state index contributed by atoms with van der Waals surface area (Å²) < 4.78 is 79.7. The fraction of sp³-hybridized carbons (Fsp3) is 0.385. The lowest BCUT2D eigenvalue weighted by atomic mass is 9.90. The number of thioether (sulfide) groups is 1. The van der Waals surface area contributed by atoms with Gasteiger partial charge in [0, 0.05) is 16.9 Å². The molecule has 0 amide bonds. The molecule has 204 valence electrons. The Hall–Kier alpha value is -2.80. The van der Waals surface area contributed by atoms with Gasteiger partial charge in [-0.15, -0.1) is 11.8 Å². The maximum atomic E-state index is 14.7. The maximum absolute atomic E-state index is 14.7. The second-order valence-electron chi connectivity index (χ2n) is 9.00. The van der Waals surface area contributed by atoms with E-state index in [2.05, 4.69) is 10.1 Å². The Bertz CT molecular complexity index is 1250. The Morgan fingerprint density at radius 3 is 2.42 bits per heavy atom. The molecule has 0 saturated carbocycles. The number of aliphatic hydroxyl groups is 1. The first kappa shape index (κ1) is 28.2. The van der Waals surface area contributed by atoms with Crippen molar-refractivity contribution in [3.63, 3.8) is 0 Å². The lowest BCUT2D eigenvalue weighted by molar-refractivity contribution is -0.146. The van der Waals surface area contributed by atoms with Crippen LogP contribution in [0.4, 0.5) is 22.0 Å². The summed E-state index contributed by atoms with van der Waals surface area (Å²) in [6.07, 6.45) is -0.732. The Morgan fingerprint density at radius 1 is 1.16 bits per heavy atom. The van der Waals surface area contributed by atoms with Crippen molar-refractivity contribution in [2.24, 2.45) is 0 Å². The molecule has 1 aliphatic heterocycles. The van der Waals surface area contributed by atoms with E-state index in [4.69, 9.17) is 9.47 Å². The van der Waals surface area contributed by atoms with Crippen molar-refractivity contribution in [3.8, 4) is 0 Å². The first-order valence-electron chi connectivity index (χ1n) is 11.7. The molecule has 1 aromatic heterocycles. The number of benzene rings is 2. The summed E-state index contributed by atoms with van der Waals surface area (Å²) in [7, 11) is 0. The van der Waals surface area contributed by atoms with Crippen LogP contribution in [0.25, 0.3) is 5.57 Å². The lowest BCUT2D eigenvalue weighted by Crippen LogP contribution is -2.43. The third kappa shape index (κ3) is 6.60. The summed E-state index contributed by atoms with van der Waals surface area (Å²) in [5.74, 6) is -1.63. The second kappa shape index (κ2) is 11.5. The smallest absolute Gasteiger partial charge is 0.382 e. The molecule has 0 radical (unpaired) electrons. The fourth-order valence-electron chi connectivity index (χ4n) is 4.13. The van der Waals surface area contributed by atoms with Gasteiger partial charge in [0.2, 0.25) is 0 Å². The molecule has 0 unspecified atom stereocenters. The molecule has 0 spiro atoms. The number of allylic oxidation sites excluding steroid dienone is 1. The van der Waals surface area contributed by atoms with E-state index >= 15 is 0 Å². The Labute approximate surface area is 220 Å². The lowest BCUT2D eigenvalue weighted by Gasteiger charge is -2.37. The molecule has 0 bridgehead atoms. The first-order chi connectivity index (χ1) is 18.0. The summed E-state index contributed by atoms with van der Waals surface area (Å²) >= 11 is 1.33. The zero-order chi connectivity index (χ0) is 27.5. The molecule has 1 fully saturated rings. The maximum Gasteiger partial charge on any atom is 0.416 e. The Balaban J connectivity index is 1.41. The zero-order valence-electron chi connectivity index (χ0n) is 20.5. The van der Waals surface area contributed by atoms with E-state index in [-0.39, 0.29) is 30.6 Å². The van der Waals surface area contributed by atoms with Crippen molar-refractivity contribution in [1.29, 1.82) is 0 Å². The van der Waals surface area contributed by atoms with Crippen LogP contribution in [0.5, 0.6) is 0 Å². The zero-order valence-corrected chi connectivity index (χ0v) is 21.3. The summed E-state index contributed by atoms with van der Waals surface area (Å²) in [6, 6.07) is 7.86. The van der Waals surface area contributed by atoms with Gasteiger partial charge in [0.25, 0.3) is 0 Å². The molecular weight excluding hydrogens is 529 g/mol. The van der Waals surface area contributed by atoms with Crippen molar-refractivity contribution in [2.45, 2.75) is 49.0 Å². The number of hydrogen-bond donors (Lipinski definition) is 1. The van der Waals surface area contributed by atoms with Gasteiger partial charge in [-0.25, -0.2) is 18.4 Å². The van der Waals surface area contributed by atoms with Crippen LogP contribution in [0, 0.1) is 11.6 Å². The van der Waals surface area contributed by atoms with E-state index in [9.17, 15) is 27.1 Å². The average Bonchev–Trinajstić information content (AvgIpc) is 3.37. The van der Waals surface area contributed by atoms with Gasteiger partial charge < -0.3 is 14.6 Å². The average molecular weight is 556 g/mol. The first-order valence-corrected chi connectivity index (χ1v) is 12.6. The number of halogens is 5. The molecular formula is C26H26F5N3O3S. The van der Waals surface area contributed by atoms with E-state index in [0.29, 0.717) is 11.1 Å². The van der Waals surface area contributed by atoms with Gasteiger partial charge in [0.05, 0.1) is 30.6 Å². The monoisotopic (exact) mass is 555 g/mol. The summed E-state index contributed by atoms with van der Waals surface area (Å²) in [5.41, 5.74) is -1.25. The molecule has 2 aromatic carbocycles. The minimum Gasteiger partial charge on any atom is -0.382 e. The van der Waals surface area contributed by atoms with Crippen LogP contribution in [-0.2, 0) is 27.8 Å². The predicted octanol–water partition coefficient (Wildman–Crippen LogP) is 5.43. The topological polar surface area (TPSA) is 69.4 Å². The van der Waals surface area contributed by atoms with Crippen LogP contribution in [0.1, 0.15) is 30.5 Å². The van der Waals surface area contributed by atoms with E-state index in [1.165, 1.54) is 47.3 Å². The van der Waals surface area contributed by atoms with Gasteiger partial charge in [-0.2, -0.15) is 18.3 Å². The summed E-state index contributed by atoms with van der Waals surface area (Å²) in [4.78, 5) is 3.87. The Kier molecular flexibility index (Phi) is 8.55. The molecule has 1 saturated heterocycles. The highest BCUT2D eigenvalue weighted by atomic mass is 32.2. The summed E-state index contributed by atoms with van der Waals surface area (Å²) in [5, 5.41) is 14.9. The van der Waals surface area contributed by atoms with Gasteiger partial charge in [-0.05, 0) is 42.3 Å². The molecule has 38 heavy (non-hydrogen) atoms. The van der Waals surface area contributed by atoms with Crippen LogP contribution >= 0.6 is 11.8 Å². The van der Waals surface area contributed by atoms with Crippen molar-refractivity contribution in [2.75, 3.05) is 13.2 Å². The highest BCUT2D eigenvalue weighted by Crippen LogP contribution is 2.39. The van der Waals surface area contributed by atoms with Crippen molar-refractivity contribution in [3.05, 3.63) is 89.5 Å². The van der Waals surface area contributed by atoms with E-state index in [1.54, 1.807) is 19.9 Å². The molecule has 0 aliphatic carbocycles. The number of aromatic nitrogens is 3. The predicted molar refractivity (Wildman–Crippen MR) is 132 cm³/mol. The Morgan fingerprint density at radius 2 is 1.84 bits per heavy atom. The van der Waals surface area contributed by atoms with Gasteiger partial charge in [0.1, 0.15) is 29.9 Å².